The maximum atomic E-state index is 13.2. The van der Waals surface area contributed by atoms with Gasteiger partial charge in [0, 0.05) is 25.6 Å². The van der Waals surface area contributed by atoms with E-state index in [1.54, 1.807) is 10.4 Å². The van der Waals surface area contributed by atoms with Crippen LogP contribution in [0.25, 0.3) is 0 Å². The molecule has 2 aromatic rings. The van der Waals surface area contributed by atoms with Crippen molar-refractivity contribution in [2.75, 3.05) is 19.6 Å². The van der Waals surface area contributed by atoms with E-state index in [4.69, 9.17) is 4.42 Å². The van der Waals surface area contributed by atoms with Gasteiger partial charge in [0.05, 0.1) is 23.1 Å². The normalized spacial score (nSPS) is 27.9. The zero-order valence-electron chi connectivity index (χ0n) is 15.8. The Kier molecular flexibility index (Phi) is 4.14. The molecule has 1 amide bonds. The van der Waals surface area contributed by atoms with Crippen LogP contribution in [0.15, 0.2) is 47.3 Å². The van der Waals surface area contributed by atoms with E-state index < -0.39 is 10.0 Å². The molecule has 0 bridgehead atoms. The lowest BCUT2D eigenvalue weighted by atomic mass is 9.87. The molecule has 0 radical (unpaired) electrons. The number of furan rings is 1. The smallest absolute Gasteiger partial charge is 0.257 e. The SMILES string of the molecule is Cc1ccccc1[C@H]1[C@H]2CN(S(=O)(=O)C3CC3)C[C@H]2CN1C(=O)c1ccoc1. The van der Waals surface area contributed by atoms with Crippen molar-refractivity contribution >= 4 is 15.9 Å². The highest BCUT2D eigenvalue weighted by molar-refractivity contribution is 7.90. The molecular weight excluding hydrogens is 376 g/mol. The van der Waals surface area contributed by atoms with Gasteiger partial charge in [0.1, 0.15) is 6.26 Å². The molecule has 2 saturated heterocycles. The summed E-state index contributed by atoms with van der Waals surface area (Å²) in [6.07, 6.45) is 4.55. The van der Waals surface area contributed by atoms with Crippen molar-refractivity contribution in [3.05, 3.63) is 59.5 Å². The molecule has 5 rings (SSSR count). The number of benzene rings is 1. The molecule has 1 aromatic carbocycles. The van der Waals surface area contributed by atoms with E-state index in [2.05, 4.69) is 19.1 Å². The number of hydrogen-bond donors (Lipinski definition) is 0. The second-order valence-electron chi connectivity index (χ2n) is 8.26. The van der Waals surface area contributed by atoms with Crippen LogP contribution in [0, 0.1) is 18.8 Å². The number of carbonyl (C=O) groups excluding carboxylic acids is 1. The zero-order chi connectivity index (χ0) is 19.5. The lowest BCUT2D eigenvalue weighted by Crippen LogP contribution is -2.38. The number of rotatable bonds is 4. The van der Waals surface area contributed by atoms with Crippen LogP contribution in [0.4, 0.5) is 0 Å². The summed E-state index contributed by atoms with van der Waals surface area (Å²) in [4.78, 5) is 15.1. The molecule has 6 nitrogen and oxygen atoms in total. The Morgan fingerprint density at radius 3 is 2.57 bits per heavy atom. The van der Waals surface area contributed by atoms with Gasteiger partial charge in [-0.3, -0.25) is 4.79 Å². The fourth-order valence-electron chi connectivity index (χ4n) is 4.87. The van der Waals surface area contributed by atoms with Crippen LogP contribution in [-0.4, -0.2) is 48.4 Å². The molecule has 0 unspecified atom stereocenters. The number of aryl methyl sites for hydroxylation is 1. The summed E-state index contributed by atoms with van der Waals surface area (Å²) in [6, 6.07) is 9.67. The first-order valence-corrected chi connectivity index (χ1v) is 11.3. The largest absolute Gasteiger partial charge is 0.472 e. The number of sulfonamides is 1. The van der Waals surface area contributed by atoms with E-state index in [-0.39, 0.29) is 29.0 Å². The molecule has 3 fully saturated rings. The summed E-state index contributed by atoms with van der Waals surface area (Å²) in [6.45, 7) is 3.64. The van der Waals surface area contributed by atoms with E-state index >= 15 is 0 Å². The van der Waals surface area contributed by atoms with Crippen LogP contribution in [-0.2, 0) is 10.0 Å². The molecular formula is C21H24N2O4S. The van der Waals surface area contributed by atoms with Crippen molar-refractivity contribution in [1.82, 2.24) is 9.21 Å². The minimum Gasteiger partial charge on any atom is -0.472 e. The van der Waals surface area contributed by atoms with E-state index in [1.165, 1.54) is 12.5 Å². The summed E-state index contributed by atoms with van der Waals surface area (Å²) < 4.78 is 32.3. The third kappa shape index (κ3) is 2.79. The topological polar surface area (TPSA) is 70.8 Å². The first kappa shape index (κ1) is 17.9. The number of carbonyl (C=O) groups is 1. The Morgan fingerprint density at radius 2 is 1.89 bits per heavy atom. The van der Waals surface area contributed by atoms with Gasteiger partial charge in [0.15, 0.2) is 0 Å². The van der Waals surface area contributed by atoms with E-state index in [9.17, 15) is 13.2 Å². The first-order valence-electron chi connectivity index (χ1n) is 9.84. The fraction of sp³-hybridized carbons (Fsp3) is 0.476. The van der Waals surface area contributed by atoms with Crippen molar-refractivity contribution in [2.24, 2.45) is 11.8 Å². The Balaban J connectivity index is 1.50. The second-order valence-corrected chi connectivity index (χ2v) is 10.5. The number of fused-ring (bicyclic) bond motifs is 1. The highest BCUT2D eigenvalue weighted by atomic mass is 32.2. The predicted octanol–water partition coefficient (Wildman–Crippen LogP) is 2.83. The standard InChI is InChI=1S/C21H24N2O4S/c1-14-4-2-3-5-18(14)20-19-12-22(28(25,26)17-6-7-17)10-16(19)11-23(20)21(24)15-8-9-27-13-15/h2-5,8-9,13,16-17,19-20H,6-7,10-12H2,1H3/t16-,19-,20-/m0/s1. The molecule has 1 aromatic heterocycles. The van der Waals surface area contributed by atoms with Crippen molar-refractivity contribution in [3.8, 4) is 0 Å². The van der Waals surface area contributed by atoms with Crippen molar-refractivity contribution < 1.29 is 17.6 Å². The van der Waals surface area contributed by atoms with Gasteiger partial charge in [-0.25, -0.2) is 12.7 Å². The number of nitrogens with zero attached hydrogens (tertiary/aromatic N) is 2. The minimum atomic E-state index is -3.19. The predicted molar refractivity (Wildman–Crippen MR) is 104 cm³/mol. The van der Waals surface area contributed by atoms with Gasteiger partial charge in [-0.15, -0.1) is 0 Å². The summed E-state index contributed by atoms with van der Waals surface area (Å²) in [7, 11) is -3.19. The third-order valence-electron chi connectivity index (χ3n) is 6.47. The molecule has 3 aliphatic rings. The van der Waals surface area contributed by atoms with Crippen molar-refractivity contribution in [3.63, 3.8) is 0 Å². The number of amides is 1. The van der Waals surface area contributed by atoms with Gasteiger partial charge in [-0.2, -0.15) is 0 Å². The third-order valence-corrected chi connectivity index (χ3v) is 8.80. The van der Waals surface area contributed by atoms with Crippen LogP contribution in [0.3, 0.4) is 0 Å². The Hall–Kier alpha value is -2.12. The monoisotopic (exact) mass is 400 g/mol. The summed E-state index contributed by atoms with van der Waals surface area (Å²) in [5.41, 5.74) is 2.78. The summed E-state index contributed by atoms with van der Waals surface area (Å²) in [5.74, 6) is 0.229. The molecule has 1 saturated carbocycles. The lowest BCUT2D eigenvalue weighted by molar-refractivity contribution is 0.0708. The molecule has 0 N–H and O–H groups in total. The van der Waals surface area contributed by atoms with Gasteiger partial charge in [-0.05, 0) is 42.9 Å². The highest BCUT2D eigenvalue weighted by Gasteiger charge is 2.53. The van der Waals surface area contributed by atoms with Crippen LogP contribution in [0.1, 0.15) is 40.4 Å². The fourth-order valence-corrected chi connectivity index (χ4v) is 6.80. The van der Waals surface area contributed by atoms with E-state index in [0.717, 1.165) is 24.0 Å². The molecule has 3 atom stereocenters. The average Bonchev–Trinajstić information content (AvgIpc) is 3.11. The Labute approximate surface area is 165 Å². The highest BCUT2D eigenvalue weighted by Crippen LogP contribution is 2.48. The lowest BCUT2D eigenvalue weighted by Gasteiger charge is -2.30. The first-order chi connectivity index (χ1) is 13.5. The van der Waals surface area contributed by atoms with Crippen LogP contribution >= 0.6 is 0 Å². The maximum Gasteiger partial charge on any atom is 0.257 e. The van der Waals surface area contributed by atoms with Crippen molar-refractivity contribution in [2.45, 2.75) is 31.1 Å². The van der Waals surface area contributed by atoms with Crippen LogP contribution in [0.5, 0.6) is 0 Å². The summed E-state index contributed by atoms with van der Waals surface area (Å²) >= 11 is 0. The average molecular weight is 401 g/mol. The quantitative estimate of drug-likeness (QED) is 0.791. The summed E-state index contributed by atoms with van der Waals surface area (Å²) in [5, 5.41) is -0.188. The van der Waals surface area contributed by atoms with E-state index in [1.807, 2.05) is 17.0 Å². The maximum absolute atomic E-state index is 13.2. The van der Waals surface area contributed by atoms with Crippen LogP contribution < -0.4 is 0 Å². The Bertz CT molecular complexity index is 997. The van der Waals surface area contributed by atoms with Crippen LogP contribution in [0.2, 0.25) is 0 Å². The Morgan fingerprint density at radius 1 is 1.11 bits per heavy atom. The minimum absolute atomic E-state index is 0.0481. The molecule has 2 aliphatic heterocycles. The molecule has 1 aliphatic carbocycles. The molecule has 7 heteroatoms. The zero-order valence-corrected chi connectivity index (χ0v) is 16.6. The van der Waals surface area contributed by atoms with Gasteiger partial charge < -0.3 is 9.32 Å². The van der Waals surface area contributed by atoms with Gasteiger partial charge in [-0.1, -0.05) is 24.3 Å². The molecule has 28 heavy (non-hydrogen) atoms. The number of hydrogen-bond acceptors (Lipinski definition) is 4. The molecule has 148 valence electrons. The number of likely N-dealkylation sites (tertiary alicyclic amines) is 1. The van der Waals surface area contributed by atoms with Crippen molar-refractivity contribution in [1.29, 1.82) is 0 Å². The van der Waals surface area contributed by atoms with Gasteiger partial charge >= 0.3 is 0 Å². The molecule has 0 spiro atoms. The van der Waals surface area contributed by atoms with Gasteiger partial charge in [0.25, 0.3) is 5.91 Å². The molecule has 3 heterocycles. The second kappa shape index (κ2) is 6.46. The van der Waals surface area contributed by atoms with E-state index in [0.29, 0.717) is 25.2 Å². The van der Waals surface area contributed by atoms with Gasteiger partial charge in [0.2, 0.25) is 10.0 Å².